The van der Waals surface area contributed by atoms with E-state index in [0.717, 1.165) is 38.9 Å². The zero-order valence-corrected chi connectivity index (χ0v) is 10.8. The minimum atomic E-state index is 0.150. The molecule has 0 aliphatic carbocycles. The fourth-order valence-electron chi connectivity index (χ4n) is 2.21. The summed E-state index contributed by atoms with van der Waals surface area (Å²) in [6, 6.07) is 0. The summed E-state index contributed by atoms with van der Waals surface area (Å²) in [5, 5.41) is 9.13. The topological polar surface area (TPSA) is 69.8 Å². The number of aliphatic hydroxyl groups excluding tert-OH is 1. The zero-order valence-electron chi connectivity index (χ0n) is 10.8. The number of piperidine rings is 1. The Morgan fingerprint density at radius 3 is 3.00 bits per heavy atom. The van der Waals surface area contributed by atoms with Crippen LogP contribution in [0.2, 0.25) is 0 Å². The molecule has 0 aromatic rings. The van der Waals surface area contributed by atoms with Gasteiger partial charge in [-0.15, -0.1) is 0 Å². The summed E-state index contributed by atoms with van der Waals surface area (Å²) in [4.78, 5) is 15.8. The molecular weight excluding hydrogens is 218 g/mol. The van der Waals surface area contributed by atoms with Crippen molar-refractivity contribution in [1.29, 1.82) is 0 Å². The molecular formula is C12H25N3O2. The molecule has 0 aromatic heterocycles. The minimum Gasteiger partial charge on any atom is -0.396 e. The second kappa shape index (κ2) is 7.63. The third kappa shape index (κ3) is 5.02. The van der Waals surface area contributed by atoms with Gasteiger partial charge in [0.2, 0.25) is 5.91 Å². The molecule has 0 saturated carbocycles. The summed E-state index contributed by atoms with van der Waals surface area (Å²) in [5.74, 6) is 0.489. The van der Waals surface area contributed by atoms with Crippen molar-refractivity contribution in [3.8, 4) is 0 Å². The minimum absolute atomic E-state index is 0.150. The first-order chi connectivity index (χ1) is 8.17. The van der Waals surface area contributed by atoms with Gasteiger partial charge in [-0.25, -0.2) is 0 Å². The Labute approximate surface area is 104 Å². The summed E-state index contributed by atoms with van der Waals surface area (Å²) in [6.07, 6.45) is 3.00. The second-order valence-corrected chi connectivity index (χ2v) is 4.88. The molecule has 1 unspecified atom stereocenters. The van der Waals surface area contributed by atoms with E-state index in [2.05, 4.69) is 4.90 Å². The van der Waals surface area contributed by atoms with Crippen LogP contribution in [0.3, 0.4) is 0 Å². The van der Waals surface area contributed by atoms with Gasteiger partial charge >= 0.3 is 0 Å². The van der Waals surface area contributed by atoms with E-state index in [4.69, 9.17) is 10.8 Å². The van der Waals surface area contributed by atoms with E-state index in [1.807, 2.05) is 7.05 Å². The fraction of sp³-hybridized carbons (Fsp3) is 0.917. The maximum Gasteiger partial charge on any atom is 0.236 e. The SMILES string of the molecule is CN(CCCN)C(=O)CN1CCCC(CO)C1. The molecule has 1 aliphatic heterocycles. The second-order valence-electron chi connectivity index (χ2n) is 4.88. The van der Waals surface area contributed by atoms with E-state index in [9.17, 15) is 4.79 Å². The Morgan fingerprint density at radius 2 is 2.35 bits per heavy atom. The first-order valence-electron chi connectivity index (χ1n) is 6.44. The molecule has 17 heavy (non-hydrogen) atoms. The van der Waals surface area contributed by atoms with Crippen LogP contribution < -0.4 is 5.73 Å². The molecule has 0 radical (unpaired) electrons. The van der Waals surface area contributed by atoms with Crippen molar-refractivity contribution in [1.82, 2.24) is 9.80 Å². The van der Waals surface area contributed by atoms with Crippen LogP contribution in [0.1, 0.15) is 19.3 Å². The Morgan fingerprint density at radius 1 is 1.59 bits per heavy atom. The van der Waals surface area contributed by atoms with Crippen molar-refractivity contribution in [3.05, 3.63) is 0 Å². The van der Waals surface area contributed by atoms with E-state index in [-0.39, 0.29) is 12.5 Å². The van der Waals surface area contributed by atoms with Crippen LogP contribution in [0.25, 0.3) is 0 Å². The van der Waals surface area contributed by atoms with Gasteiger partial charge < -0.3 is 15.7 Å². The van der Waals surface area contributed by atoms with E-state index in [1.54, 1.807) is 4.90 Å². The largest absolute Gasteiger partial charge is 0.396 e. The first kappa shape index (κ1) is 14.4. The summed E-state index contributed by atoms with van der Waals surface area (Å²) in [5.41, 5.74) is 5.42. The Kier molecular flexibility index (Phi) is 6.47. The van der Waals surface area contributed by atoms with E-state index < -0.39 is 0 Å². The number of amides is 1. The fourth-order valence-corrected chi connectivity index (χ4v) is 2.21. The van der Waals surface area contributed by atoms with Crippen LogP contribution in [-0.4, -0.2) is 67.2 Å². The Bertz CT molecular complexity index is 236. The highest BCUT2D eigenvalue weighted by Gasteiger charge is 2.21. The van der Waals surface area contributed by atoms with Gasteiger partial charge in [-0.05, 0) is 38.3 Å². The van der Waals surface area contributed by atoms with E-state index in [1.165, 1.54) is 0 Å². The smallest absolute Gasteiger partial charge is 0.236 e. The summed E-state index contributed by atoms with van der Waals surface area (Å²) in [6.45, 7) is 3.85. The number of hydrogen-bond donors (Lipinski definition) is 2. The van der Waals surface area contributed by atoms with Crippen molar-refractivity contribution in [3.63, 3.8) is 0 Å². The van der Waals surface area contributed by atoms with Gasteiger partial charge in [0, 0.05) is 26.7 Å². The molecule has 100 valence electrons. The van der Waals surface area contributed by atoms with Gasteiger partial charge in [0.1, 0.15) is 0 Å². The molecule has 1 saturated heterocycles. The van der Waals surface area contributed by atoms with Crippen LogP contribution in [0.4, 0.5) is 0 Å². The van der Waals surface area contributed by atoms with E-state index >= 15 is 0 Å². The molecule has 1 heterocycles. The third-order valence-electron chi connectivity index (χ3n) is 3.34. The maximum absolute atomic E-state index is 11.9. The molecule has 1 atom stereocenters. The standard InChI is InChI=1S/C12H25N3O2/c1-14(6-3-5-13)12(17)9-15-7-2-4-11(8-15)10-16/h11,16H,2-10,13H2,1H3. The van der Waals surface area contributed by atoms with Crippen molar-refractivity contribution >= 4 is 5.91 Å². The molecule has 5 nitrogen and oxygen atoms in total. The van der Waals surface area contributed by atoms with Crippen molar-refractivity contribution in [2.75, 3.05) is 46.4 Å². The van der Waals surface area contributed by atoms with Crippen molar-refractivity contribution in [2.24, 2.45) is 11.7 Å². The van der Waals surface area contributed by atoms with Crippen LogP contribution in [0.15, 0.2) is 0 Å². The lowest BCUT2D eigenvalue weighted by atomic mass is 9.99. The van der Waals surface area contributed by atoms with Crippen molar-refractivity contribution in [2.45, 2.75) is 19.3 Å². The van der Waals surface area contributed by atoms with Crippen LogP contribution in [-0.2, 0) is 4.79 Å². The van der Waals surface area contributed by atoms with Gasteiger partial charge in [-0.2, -0.15) is 0 Å². The molecule has 1 amide bonds. The van der Waals surface area contributed by atoms with Gasteiger partial charge in [-0.3, -0.25) is 9.69 Å². The lowest BCUT2D eigenvalue weighted by Gasteiger charge is -2.32. The number of aliphatic hydroxyl groups is 1. The predicted molar refractivity (Wildman–Crippen MR) is 67.6 cm³/mol. The lowest BCUT2D eigenvalue weighted by molar-refractivity contribution is -0.131. The molecule has 1 aliphatic rings. The maximum atomic E-state index is 11.9. The van der Waals surface area contributed by atoms with Gasteiger partial charge in [-0.1, -0.05) is 0 Å². The van der Waals surface area contributed by atoms with Crippen LogP contribution >= 0.6 is 0 Å². The van der Waals surface area contributed by atoms with Gasteiger partial charge in [0.15, 0.2) is 0 Å². The summed E-state index contributed by atoms with van der Waals surface area (Å²) >= 11 is 0. The number of likely N-dealkylation sites (N-methyl/N-ethyl adjacent to an activating group) is 1. The molecule has 0 aromatic carbocycles. The molecule has 1 fully saturated rings. The summed E-state index contributed by atoms with van der Waals surface area (Å²) in [7, 11) is 1.82. The van der Waals surface area contributed by atoms with Crippen LogP contribution in [0.5, 0.6) is 0 Å². The molecule has 1 rings (SSSR count). The predicted octanol–water partition coefficient (Wildman–Crippen LogP) is -0.502. The van der Waals surface area contributed by atoms with Gasteiger partial charge in [0.25, 0.3) is 0 Å². The molecule has 0 bridgehead atoms. The van der Waals surface area contributed by atoms with E-state index in [0.29, 0.717) is 19.0 Å². The molecule has 0 spiro atoms. The average Bonchev–Trinajstić information content (AvgIpc) is 2.36. The highest BCUT2D eigenvalue weighted by Crippen LogP contribution is 2.15. The number of likely N-dealkylation sites (tertiary alicyclic amines) is 1. The zero-order chi connectivity index (χ0) is 12.7. The number of carbonyl (C=O) groups is 1. The Hall–Kier alpha value is -0.650. The number of nitrogens with zero attached hydrogens (tertiary/aromatic N) is 2. The highest BCUT2D eigenvalue weighted by molar-refractivity contribution is 5.77. The normalized spacial score (nSPS) is 21.5. The lowest BCUT2D eigenvalue weighted by Crippen LogP contribution is -2.44. The first-order valence-corrected chi connectivity index (χ1v) is 6.44. The third-order valence-corrected chi connectivity index (χ3v) is 3.34. The number of hydrogen-bond acceptors (Lipinski definition) is 4. The number of nitrogens with two attached hydrogens (primary N) is 1. The monoisotopic (exact) mass is 243 g/mol. The van der Waals surface area contributed by atoms with Crippen molar-refractivity contribution < 1.29 is 9.90 Å². The molecule has 5 heteroatoms. The van der Waals surface area contributed by atoms with Gasteiger partial charge in [0.05, 0.1) is 6.54 Å². The quantitative estimate of drug-likeness (QED) is 0.660. The Balaban J connectivity index is 2.29. The highest BCUT2D eigenvalue weighted by atomic mass is 16.3. The number of carbonyl (C=O) groups excluding carboxylic acids is 1. The molecule has 3 N–H and O–H groups in total. The number of rotatable bonds is 6. The summed E-state index contributed by atoms with van der Waals surface area (Å²) < 4.78 is 0. The van der Waals surface area contributed by atoms with Crippen LogP contribution in [0, 0.1) is 5.92 Å². The average molecular weight is 243 g/mol.